The highest BCUT2D eigenvalue weighted by molar-refractivity contribution is 5.76. The number of nitrogens with one attached hydrogen (secondary N) is 1. The van der Waals surface area contributed by atoms with Gasteiger partial charge < -0.3 is 10.2 Å². The fourth-order valence-corrected chi connectivity index (χ4v) is 3.97. The molecule has 0 atom stereocenters. The SMILES string of the molecule is CC(C)CC(=O)N1CCC(Cc2ccc(CCC(=O)NCC3CC3)cc2)CC1. The number of carbonyl (C=O) groups is 2. The van der Waals surface area contributed by atoms with Crippen LogP contribution in [0, 0.1) is 17.8 Å². The number of rotatable bonds is 9. The van der Waals surface area contributed by atoms with E-state index >= 15 is 0 Å². The summed E-state index contributed by atoms with van der Waals surface area (Å²) in [5.41, 5.74) is 2.60. The smallest absolute Gasteiger partial charge is 0.222 e. The van der Waals surface area contributed by atoms with Crippen LogP contribution in [0.1, 0.15) is 63.5 Å². The Balaban J connectivity index is 1.36. The molecule has 4 nitrogen and oxygen atoms in total. The molecule has 2 fully saturated rings. The van der Waals surface area contributed by atoms with Crippen molar-refractivity contribution in [1.82, 2.24) is 10.2 Å². The van der Waals surface area contributed by atoms with Gasteiger partial charge in [-0.1, -0.05) is 38.1 Å². The minimum absolute atomic E-state index is 0.176. The predicted octanol–water partition coefficient (Wildman–Crippen LogP) is 3.97. The number of hydrogen-bond acceptors (Lipinski definition) is 2. The van der Waals surface area contributed by atoms with E-state index in [1.165, 1.54) is 24.0 Å². The minimum atomic E-state index is 0.176. The van der Waals surface area contributed by atoms with Crippen molar-refractivity contribution in [2.24, 2.45) is 17.8 Å². The van der Waals surface area contributed by atoms with Crippen LogP contribution in [0.2, 0.25) is 0 Å². The first kappa shape index (κ1) is 20.9. The molecule has 1 saturated heterocycles. The summed E-state index contributed by atoms with van der Waals surface area (Å²) in [5, 5.41) is 3.04. The fraction of sp³-hybridized carbons (Fsp3) is 0.667. The normalized spacial score (nSPS) is 17.8. The molecule has 1 aliphatic heterocycles. The average Bonchev–Trinajstić information content (AvgIpc) is 3.50. The van der Waals surface area contributed by atoms with Gasteiger partial charge >= 0.3 is 0 Å². The number of carbonyl (C=O) groups excluding carboxylic acids is 2. The molecular formula is C24H36N2O2. The molecule has 154 valence electrons. The number of amides is 2. The number of benzene rings is 1. The summed E-state index contributed by atoms with van der Waals surface area (Å²) >= 11 is 0. The van der Waals surface area contributed by atoms with Crippen molar-refractivity contribution >= 4 is 11.8 Å². The lowest BCUT2D eigenvalue weighted by atomic mass is 9.89. The van der Waals surface area contributed by atoms with E-state index in [1.807, 2.05) is 4.90 Å². The van der Waals surface area contributed by atoms with Gasteiger partial charge in [-0.2, -0.15) is 0 Å². The highest BCUT2D eigenvalue weighted by atomic mass is 16.2. The van der Waals surface area contributed by atoms with Crippen LogP contribution in [0.4, 0.5) is 0 Å². The standard InChI is InChI=1S/C24H36N2O2/c1-18(2)15-24(28)26-13-11-21(12-14-26)16-20-5-3-19(4-6-20)9-10-23(27)25-17-22-7-8-22/h3-6,18,21-22H,7-17H2,1-2H3,(H,25,27). The van der Waals surface area contributed by atoms with E-state index in [1.54, 1.807) is 0 Å². The third kappa shape index (κ3) is 6.96. The molecule has 0 radical (unpaired) electrons. The molecule has 1 saturated carbocycles. The van der Waals surface area contributed by atoms with Crippen LogP contribution >= 0.6 is 0 Å². The second kappa shape index (κ2) is 10.1. The van der Waals surface area contributed by atoms with Gasteiger partial charge in [0.25, 0.3) is 0 Å². The summed E-state index contributed by atoms with van der Waals surface area (Å²) in [6, 6.07) is 8.77. The number of likely N-dealkylation sites (tertiary alicyclic amines) is 1. The molecule has 4 heteroatoms. The van der Waals surface area contributed by atoms with E-state index in [0.29, 0.717) is 30.6 Å². The van der Waals surface area contributed by atoms with E-state index in [9.17, 15) is 9.59 Å². The maximum Gasteiger partial charge on any atom is 0.222 e. The van der Waals surface area contributed by atoms with Gasteiger partial charge in [-0.15, -0.1) is 0 Å². The van der Waals surface area contributed by atoms with Crippen molar-refractivity contribution in [3.05, 3.63) is 35.4 Å². The maximum atomic E-state index is 12.2. The lowest BCUT2D eigenvalue weighted by Crippen LogP contribution is -2.39. The third-order valence-corrected chi connectivity index (χ3v) is 6.02. The van der Waals surface area contributed by atoms with Gasteiger partial charge in [0.05, 0.1) is 0 Å². The summed E-state index contributed by atoms with van der Waals surface area (Å²) in [6.07, 6.45) is 7.91. The molecule has 0 aromatic heterocycles. The number of nitrogens with zero attached hydrogens (tertiary/aromatic N) is 1. The summed E-state index contributed by atoms with van der Waals surface area (Å²) in [7, 11) is 0. The van der Waals surface area contributed by atoms with Gasteiger partial charge in [-0.3, -0.25) is 9.59 Å². The van der Waals surface area contributed by atoms with E-state index in [2.05, 4.69) is 43.4 Å². The Hall–Kier alpha value is -1.84. The summed E-state index contributed by atoms with van der Waals surface area (Å²) in [5.74, 6) is 2.34. The molecule has 1 N–H and O–H groups in total. The van der Waals surface area contributed by atoms with Crippen LogP contribution in [0.15, 0.2) is 24.3 Å². The number of piperidine rings is 1. The lowest BCUT2D eigenvalue weighted by Gasteiger charge is -2.32. The third-order valence-electron chi connectivity index (χ3n) is 6.02. The van der Waals surface area contributed by atoms with Gasteiger partial charge in [0.2, 0.25) is 11.8 Å². The molecule has 1 heterocycles. The Bertz CT molecular complexity index is 641. The largest absolute Gasteiger partial charge is 0.356 e. The highest BCUT2D eigenvalue weighted by Gasteiger charge is 2.23. The Morgan fingerprint density at radius 2 is 1.64 bits per heavy atom. The molecule has 0 spiro atoms. The van der Waals surface area contributed by atoms with E-state index in [4.69, 9.17) is 0 Å². The van der Waals surface area contributed by atoms with Gasteiger partial charge in [0.1, 0.15) is 0 Å². The Morgan fingerprint density at radius 3 is 2.25 bits per heavy atom. The Kier molecular flexibility index (Phi) is 7.52. The maximum absolute atomic E-state index is 12.2. The van der Waals surface area contributed by atoms with E-state index in [-0.39, 0.29) is 5.91 Å². The van der Waals surface area contributed by atoms with Crippen molar-refractivity contribution in [3.63, 3.8) is 0 Å². The zero-order chi connectivity index (χ0) is 19.9. The Morgan fingerprint density at radius 1 is 1.00 bits per heavy atom. The predicted molar refractivity (Wildman–Crippen MR) is 113 cm³/mol. The van der Waals surface area contributed by atoms with Crippen LogP contribution in [0.5, 0.6) is 0 Å². The zero-order valence-electron chi connectivity index (χ0n) is 17.6. The van der Waals surface area contributed by atoms with Gasteiger partial charge in [0, 0.05) is 32.5 Å². The molecule has 1 aliphatic carbocycles. The van der Waals surface area contributed by atoms with Gasteiger partial charge in [-0.05, 0) is 67.4 Å². The first-order valence-corrected chi connectivity index (χ1v) is 11.1. The monoisotopic (exact) mass is 384 g/mol. The first-order chi connectivity index (χ1) is 13.5. The second-order valence-electron chi connectivity index (χ2n) is 9.19. The molecule has 1 aromatic rings. The summed E-state index contributed by atoms with van der Waals surface area (Å²) in [4.78, 5) is 26.1. The van der Waals surface area contributed by atoms with Crippen molar-refractivity contribution in [2.45, 2.75) is 65.2 Å². The van der Waals surface area contributed by atoms with Gasteiger partial charge in [0.15, 0.2) is 0 Å². The Labute approximate surface area is 170 Å². The minimum Gasteiger partial charge on any atom is -0.356 e. The van der Waals surface area contributed by atoms with E-state index in [0.717, 1.165) is 51.2 Å². The van der Waals surface area contributed by atoms with Crippen LogP contribution < -0.4 is 5.32 Å². The summed E-state index contributed by atoms with van der Waals surface area (Å²) in [6.45, 7) is 6.89. The summed E-state index contributed by atoms with van der Waals surface area (Å²) < 4.78 is 0. The molecule has 0 unspecified atom stereocenters. The van der Waals surface area contributed by atoms with Gasteiger partial charge in [-0.25, -0.2) is 0 Å². The number of aryl methyl sites for hydroxylation is 1. The van der Waals surface area contributed by atoms with E-state index < -0.39 is 0 Å². The quantitative estimate of drug-likeness (QED) is 0.700. The highest BCUT2D eigenvalue weighted by Crippen LogP contribution is 2.27. The average molecular weight is 385 g/mol. The van der Waals surface area contributed by atoms with Crippen LogP contribution in [-0.4, -0.2) is 36.3 Å². The molecule has 2 aliphatic rings. The van der Waals surface area contributed by atoms with Crippen molar-refractivity contribution < 1.29 is 9.59 Å². The molecule has 3 rings (SSSR count). The fourth-order valence-electron chi connectivity index (χ4n) is 3.97. The zero-order valence-corrected chi connectivity index (χ0v) is 17.6. The topological polar surface area (TPSA) is 49.4 Å². The van der Waals surface area contributed by atoms with Crippen LogP contribution in [0.25, 0.3) is 0 Å². The molecule has 1 aromatic carbocycles. The molecular weight excluding hydrogens is 348 g/mol. The lowest BCUT2D eigenvalue weighted by molar-refractivity contribution is -0.133. The van der Waals surface area contributed by atoms with Crippen LogP contribution in [-0.2, 0) is 22.4 Å². The first-order valence-electron chi connectivity index (χ1n) is 11.1. The molecule has 0 bridgehead atoms. The second-order valence-corrected chi connectivity index (χ2v) is 9.19. The number of hydrogen-bond donors (Lipinski definition) is 1. The van der Waals surface area contributed by atoms with Crippen molar-refractivity contribution in [3.8, 4) is 0 Å². The molecule has 28 heavy (non-hydrogen) atoms. The van der Waals surface area contributed by atoms with Crippen molar-refractivity contribution in [1.29, 1.82) is 0 Å². The van der Waals surface area contributed by atoms with Crippen LogP contribution in [0.3, 0.4) is 0 Å². The molecule has 2 amide bonds. The van der Waals surface area contributed by atoms with Crippen molar-refractivity contribution in [2.75, 3.05) is 19.6 Å².